The van der Waals surface area contributed by atoms with Gasteiger partial charge in [0.1, 0.15) is 6.54 Å². The summed E-state index contributed by atoms with van der Waals surface area (Å²) in [5.41, 5.74) is 0.181. The topological polar surface area (TPSA) is 33.0 Å². The van der Waals surface area contributed by atoms with Crippen LogP contribution in [0.15, 0.2) is 30.6 Å². The zero-order valence-corrected chi connectivity index (χ0v) is 14.0. The van der Waals surface area contributed by atoms with Gasteiger partial charge in [-0.1, -0.05) is 6.07 Å². The van der Waals surface area contributed by atoms with Gasteiger partial charge in [0.25, 0.3) is 0 Å². The molecule has 5 rings (SSSR count). The normalized spacial score (nSPS) is 34.5. The standard InChI is InChI=1S/C20H28N2O/c23-19(6-2-5-9-22-7-3-1-4-8-22)21-20-13-16-10-17(14-20)12-18(11-16)15-20/h1,3-4,7-8,16-18H,2,5-6,9-15H2/p+1. The van der Waals surface area contributed by atoms with Gasteiger partial charge in [0.15, 0.2) is 12.4 Å². The second kappa shape index (κ2) is 6.26. The van der Waals surface area contributed by atoms with Crippen LogP contribution in [-0.2, 0) is 11.3 Å². The average molecular weight is 313 g/mol. The van der Waals surface area contributed by atoms with Crippen LogP contribution in [0.4, 0.5) is 0 Å². The largest absolute Gasteiger partial charge is 0.351 e. The van der Waals surface area contributed by atoms with E-state index in [1.807, 2.05) is 6.07 Å². The Morgan fingerprint density at radius 3 is 2.17 bits per heavy atom. The van der Waals surface area contributed by atoms with Gasteiger partial charge in [-0.05, 0) is 62.7 Å². The first kappa shape index (κ1) is 15.2. The second-order valence-corrected chi connectivity index (χ2v) is 8.32. The summed E-state index contributed by atoms with van der Waals surface area (Å²) in [7, 11) is 0. The van der Waals surface area contributed by atoms with Gasteiger partial charge in [-0.15, -0.1) is 0 Å². The average Bonchev–Trinajstić information content (AvgIpc) is 2.51. The molecule has 0 spiro atoms. The van der Waals surface area contributed by atoms with Crippen LogP contribution in [0.3, 0.4) is 0 Å². The molecule has 0 saturated heterocycles. The Bertz CT molecular complexity index is 519. The monoisotopic (exact) mass is 313 g/mol. The zero-order chi connectivity index (χ0) is 15.7. The van der Waals surface area contributed by atoms with E-state index in [1.54, 1.807) is 0 Å². The molecule has 4 saturated carbocycles. The van der Waals surface area contributed by atoms with Crippen LogP contribution in [0.1, 0.15) is 57.8 Å². The lowest BCUT2D eigenvalue weighted by Gasteiger charge is -2.56. The molecule has 0 aromatic carbocycles. The van der Waals surface area contributed by atoms with Crippen molar-refractivity contribution in [3.8, 4) is 0 Å². The molecule has 0 unspecified atom stereocenters. The number of aromatic nitrogens is 1. The Morgan fingerprint density at radius 2 is 1.57 bits per heavy atom. The van der Waals surface area contributed by atoms with Crippen molar-refractivity contribution in [3.63, 3.8) is 0 Å². The summed E-state index contributed by atoms with van der Waals surface area (Å²) < 4.78 is 2.19. The summed E-state index contributed by atoms with van der Waals surface area (Å²) in [5.74, 6) is 2.99. The molecular weight excluding hydrogens is 284 g/mol. The highest BCUT2D eigenvalue weighted by molar-refractivity contribution is 5.76. The highest BCUT2D eigenvalue weighted by Crippen LogP contribution is 2.55. The number of unbranched alkanes of at least 4 members (excludes halogenated alkanes) is 1. The number of aryl methyl sites for hydroxylation is 1. The molecule has 4 aliphatic rings. The minimum atomic E-state index is 0.181. The number of rotatable bonds is 6. The Kier molecular flexibility index (Phi) is 4.13. The Morgan fingerprint density at radius 1 is 0.957 bits per heavy atom. The van der Waals surface area contributed by atoms with Crippen molar-refractivity contribution in [1.82, 2.24) is 5.32 Å². The summed E-state index contributed by atoms with van der Waals surface area (Å²) in [4.78, 5) is 12.4. The van der Waals surface area contributed by atoms with Crippen LogP contribution >= 0.6 is 0 Å². The molecule has 23 heavy (non-hydrogen) atoms. The highest BCUT2D eigenvalue weighted by Gasteiger charge is 2.51. The van der Waals surface area contributed by atoms with Crippen LogP contribution in [0.25, 0.3) is 0 Å². The molecule has 4 bridgehead atoms. The number of pyridine rings is 1. The molecule has 124 valence electrons. The van der Waals surface area contributed by atoms with Gasteiger partial charge >= 0.3 is 0 Å². The Hall–Kier alpha value is -1.38. The first-order valence-corrected chi connectivity index (χ1v) is 9.46. The van der Waals surface area contributed by atoms with Crippen LogP contribution in [0.2, 0.25) is 0 Å². The van der Waals surface area contributed by atoms with Crippen molar-refractivity contribution in [2.45, 2.75) is 69.9 Å². The predicted molar refractivity (Wildman–Crippen MR) is 89.5 cm³/mol. The maximum absolute atomic E-state index is 12.4. The number of amides is 1. The van der Waals surface area contributed by atoms with Gasteiger partial charge in [-0.2, -0.15) is 0 Å². The van der Waals surface area contributed by atoms with Gasteiger partial charge in [-0.3, -0.25) is 4.79 Å². The minimum Gasteiger partial charge on any atom is -0.351 e. The van der Waals surface area contributed by atoms with Gasteiger partial charge in [0.05, 0.1) is 0 Å². The van der Waals surface area contributed by atoms with Crippen molar-refractivity contribution in [2.75, 3.05) is 0 Å². The number of nitrogens with zero attached hydrogens (tertiary/aromatic N) is 1. The molecule has 0 aliphatic heterocycles. The van der Waals surface area contributed by atoms with Crippen molar-refractivity contribution < 1.29 is 9.36 Å². The molecule has 1 aromatic rings. The lowest BCUT2D eigenvalue weighted by atomic mass is 9.53. The third-order valence-electron chi connectivity index (χ3n) is 6.29. The summed E-state index contributed by atoms with van der Waals surface area (Å²) >= 11 is 0. The number of hydrogen-bond donors (Lipinski definition) is 1. The van der Waals surface area contributed by atoms with Crippen LogP contribution < -0.4 is 9.88 Å². The van der Waals surface area contributed by atoms with E-state index in [4.69, 9.17) is 0 Å². The molecular formula is C20H29N2O+. The lowest BCUT2D eigenvalue weighted by molar-refractivity contribution is -0.697. The van der Waals surface area contributed by atoms with Gasteiger partial charge < -0.3 is 5.32 Å². The van der Waals surface area contributed by atoms with Crippen molar-refractivity contribution in [2.24, 2.45) is 17.8 Å². The lowest BCUT2D eigenvalue weighted by Crippen LogP contribution is -2.59. The number of carbonyl (C=O) groups excluding carboxylic acids is 1. The molecule has 3 heteroatoms. The van der Waals surface area contributed by atoms with E-state index in [2.05, 4.69) is 34.4 Å². The van der Waals surface area contributed by atoms with Gasteiger partial charge in [0, 0.05) is 30.5 Å². The molecule has 3 nitrogen and oxygen atoms in total. The summed E-state index contributed by atoms with van der Waals surface area (Å²) in [6.07, 6.45) is 15.0. The maximum atomic E-state index is 12.4. The van der Waals surface area contributed by atoms with Crippen LogP contribution in [0.5, 0.6) is 0 Å². The molecule has 1 heterocycles. The van der Waals surface area contributed by atoms with Crippen molar-refractivity contribution in [3.05, 3.63) is 30.6 Å². The SMILES string of the molecule is O=C(CCCC[n+]1ccccc1)NC12CC3CC(CC(C3)C1)C2. The molecule has 1 amide bonds. The molecule has 0 atom stereocenters. The smallest absolute Gasteiger partial charge is 0.220 e. The van der Waals surface area contributed by atoms with E-state index < -0.39 is 0 Å². The fourth-order valence-electron chi connectivity index (χ4n) is 5.79. The van der Waals surface area contributed by atoms with Crippen molar-refractivity contribution >= 4 is 5.91 Å². The van der Waals surface area contributed by atoms with Gasteiger partial charge in [-0.25, -0.2) is 4.57 Å². The van der Waals surface area contributed by atoms with E-state index in [0.717, 1.165) is 37.1 Å². The Labute approximate surface area is 139 Å². The molecule has 1 N–H and O–H groups in total. The number of nitrogens with one attached hydrogen (secondary N) is 1. The second-order valence-electron chi connectivity index (χ2n) is 8.32. The number of hydrogen-bond acceptors (Lipinski definition) is 1. The third kappa shape index (κ3) is 3.44. The molecule has 4 aliphatic carbocycles. The van der Waals surface area contributed by atoms with E-state index in [9.17, 15) is 4.79 Å². The van der Waals surface area contributed by atoms with E-state index >= 15 is 0 Å². The van der Waals surface area contributed by atoms with E-state index in [0.29, 0.717) is 12.3 Å². The number of carbonyl (C=O) groups is 1. The first-order valence-electron chi connectivity index (χ1n) is 9.46. The fourth-order valence-corrected chi connectivity index (χ4v) is 5.79. The summed E-state index contributed by atoms with van der Waals surface area (Å²) in [6.45, 7) is 1.01. The van der Waals surface area contributed by atoms with E-state index in [1.165, 1.54) is 38.5 Å². The Balaban J connectivity index is 1.23. The molecule has 0 radical (unpaired) electrons. The fraction of sp³-hybridized carbons (Fsp3) is 0.700. The zero-order valence-electron chi connectivity index (χ0n) is 14.0. The summed E-state index contributed by atoms with van der Waals surface area (Å²) in [5, 5.41) is 3.48. The van der Waals surface area contributed by atoms with E-state index in [-0.39, 0.29) is 5.54 Å². The quantitative estimate of drug-likeness (QED) is 0.635. The summed E-state index contributed by atoms with van der Waals surface area (Å²) in [6, 6.07) is 6.15. The van der Waals surface area contributed by atoms with Crippen LogP contribution in [0, 0.1) is 17.8 Å². The van der Waals surface area contributed by atoms with Crippen molar-refractivity contribution in [1.29, 1.82) is 0 Å². The first-order chi connectivity index (χ1) is 11.2. The maximum Gasteiger partial charge on any atom is 0.220 e. The van der Waals surface area contributed by atoms with Gasteiger partial charge in [0.2, 0.25) is 5.91 Å². The highest BCUT2D eigenvalue weighted by atomic mass is 16.1. The minimum absolute atomic E-state index is 0.181. The third-order valence-corrected chi connectivity index (χ3v) is 6.29. The van der Waals surface area contributed by atoms with Crippen LogP contribution in [-0.4, -0.2) is 11.4 Å². The molecule has 1 aromatic heterocycles. The molecule has 4 fully saturated rings. The predicted octanol–water partition coefficient (Wildman–Crippen LogP) is 3.23.